The molecule has 76 valence electrons. The van der Waals surface area contributed by atoms with E-state index in [1.165, 1.54) is 0 Å². The van der Waals surface area contributed by atoms with Gasteiger partial charge in [0, 0.05) is 32.0 Å². The Bertz CT molecular complexity index is 300. The summed E-state index contributed by atoms with van der Waals surface area (Å²) in [7, 11) is 2.11. The highest BCUT2D eigenvalue weighted by Gasteiger charge is 2.22. The van der Waals surface area contributed by atoms with Crippen molar-refractivity contribution in [3.63, 3.8) is 0 Å². The maximum absolute atomic E-state index is 4.31. The summed E-state index contributed by atoms with van der Waals surface area (Å²) in [5, 5.41) is 3.34. The van der Waals surface area contributed by atoms with Crippen molar-refractivity contribution in [3.8, 4) is 0 Å². The first-order chi connectivity index (χ1) is 6.77. The molecular formula is C9H13BrN4. The lowest BCUT2D eigenvalue weighted by atomic mass is 10.2. The van der Waals surface area contributed by atoms with Gasteiger partial charge in [-0.3, -0.25) is 4.90 Å². The van der Waals surface area contributed by atoms with Crippen LogP contribution in [0.2, 0.25) is 0 Å². The zero-order chi connectivity index (χ0) is 9.97. The monoisotopic (exact) mass is 256 g/mol. The zero-order valence-electron chi connectivity index (χ0n) is 8.07. The van der Waals surface area contributed by atoms with Crippen molar-refractivity contribution in [2.45, 2.75) is 6.04 Å². The highest BCUT2D eigenvalue weighted by atomic mass is 79.9. The summed E-state index contributed by atoms with van der Waals surface area (Å²) in [5.74, 6) is 0.892. The Morgan fingerprint density at radius 2 is 2.21 bits per heavy atom. The smallest absolute Gasteiger partial charge is 0.146 e. The number of aromatic nitrogens is 2. The quantitative estimate of drug-likeness (QED) is 0.808. The second kappa shape index (κ2) is 4.33. The molecule has 0 bridgehead atoms. The average Bonchev–Trinajstić information content (AvgIpc) is 2.20. The molecule has 0 radical (unpaired) electrons. The topological polar surface area (TPSA) is 41.0 Å². The van der Waals surface area contributed by atoms with E-state index in [-0.39, 0.29) is 0 Å². The Kier molecular flexibility index (Phi) is 3.10. The van der Waals surface area contributed by atoms with E-state index < -0.39 is 0 Å². The van der Waals surface area contributed by atoms with Gasteiger partial charge in [0.1, 0.15) is 5.82 Å². The molecule has 1 aliphatic rings. The average molecular weight is 257 g/mol. The number of halogens is 1. The molecule has 1 saturated heterocycles. The van der Waals surface area contributed by atoms with E-state index in [1.807, 2.05) is 0 Å². The molecule has 14 heavy (non-hydrogen) atoms. The number of likely N-dealkylation sites (N-methyl/N-ethyl adjacent to an activating group) is 1. The van der Waals surface area contributed by atoms with Crippen LogP contribution in [-0.4, -0.2) is 41.5 Å². The van der Waals surface area contributed by atoms with Gasteiger partial charge in [-0.2, -0.15) is 0 Å². The maximum Gasteiger partial charge on any atom is 0.146 e. The molecule has 1 aliphatic heterocycles. The van der Waals surface area contributed by atoms with E-state index in [0.29, 0.717) is 6.04 Å². The fraction of sp³-hybridized carbons (Fsp3) is 0.556. The van der Waals surface area contributed by atoms with Crippen LogP contribution in [0.1, 0.15) is 11.9 Å². The SMILES string of the molecule is CN1CCNCC1c1ncc(Br)cn1. The summed E-state index contributed by atoms with van der Waals surface area (Å²) in [4.78, 5) is 10.9. The van der Waals surface area contributed by atoms with Crippen LogP contribution in [0.4, 0.5) is 0 Å². The number of piperazine rings is 1. The first-order valence-corrected chi connectivity index (χ1v) is 5.45. The van der Waals surface area contributed by atoms with Crippen molar-refractivity contribution in [2.75, 3.05) is 26.7 Å². The Balaban J connectivity index is 2.16. The summed E-state index contributed by atoms with van der Waals surface area (Å²) in [5.41, 5.74) is 0. The van der Waals surface area contributed by atoms with Crippen LogP contribution in [0.15, 0.2) is 16.9 Å². The molecule has 0 aromatic carbocycles. The van der Waals surface area contributed by atoms with E-state index in [1.54, 1.807) is 12.4 Å². The highest BCUT2D eigenvalue weighted by molar-refractivity contribution is 9.10. The minimum atomic E-state index is 0.303. The molecule has 1 fully saturated rings. The van der Waals surface area contributed by atoms with Gasteiger partial charge < -0.3 is 5.32 Å². The molecule has 0 amide bonds. The molecule has 1 aromatic heterocycles. The van der Waals surface area contributed by atoms with Crippen LogP contribution < -0.4 is 5.32 Å². The molecule has 0 saturated carbocycles. The maximum atomic E-state index is 4.31. The number of hydrogen-bond acceptors (Lipinski definition) is 4. The standard InChI is InChI=1S/C9H13BrN4/c1-14-3-2-11-6-8(14)9-12-4-7(10)5-13-9/h4-5,8,11H,2-3,6H2,1H3. The molecule has 1 N–H and O–H groups in total. The molecule has 1 atom stereocenters. The second-order valence-corrected chi connectivity index (χ2v) is 4.38. The van der Waals surface area contributed by atoms with E-state index in [2.05, 4.69) is 43.2 Å². The van der Waals surface area contributed by atoms with Gasteiger partial charge in [-0.15, -0.1) is 0 Å². The molecule has 1 unspecified atom stereocenters. The predicted octanol–water partition coefficient (Wildman–Crippen LogP) is 0.815. The van der Waals surface area contributed by atoms with Crippen LogP contribution >= 0.6 is 15.9 Å². The summed E-state index contributed by atoms with van der Waals surface area (Å²) < 4.78 is 0.924. The number of nitrogens with one attached hydrogen (secondary N) is 1. The molecule has 2 heterocycles. The van der Waals surface area contributed by atoms with Crippen LogP contribution in [0.3, 0.4) is 0 Å². The van der Waals surface area contributed by atoms with Gasteiger partial charge in [0.2, 0.25) is 0 Å². The van der Waals surface area contributed by atoms with Crippen molar-refractivity contribution in [1.29, 1.82) is 0 Å². The molecule has 5 heteroatoms. The highest BCUT2D eigenvalue weighted by Crippen LogP contribution is 2.17. The largest absolute Gasteiger partial charge is 0.313 e. The van der Waals surface area contributed by atoms with Crippen LogP contribution in [-0.2, 0) is 0 Å². The fourth-order valence-electron chi connectivity index (χ4n) is 1.59. The van der Waals surface area contributed by atoms with Gasteiger partial charge in [-0.1, -0.05) is 0 Å². The molecular weight excluding hydrogens is 244 g/mol. The van der Waals surface area contributed by atoms with Gasteiger partial charge in [-0.25, -0.2) is 9.97 Å². The zero-order valence-corrected chi connectivity index (χ0v) is 9.66. The normalized spacial score (nSPS) is 23.7. The van der Waals surface area contributed by atoms with Crippen LogP contribution in [0.5, 0.6) is 0 Å². The third kappa shape index (κ3) is 2.10. The third-order valence-electron chi connectivity index (χ3n) is 2.45. The minimum absolute atomic E-state index is 0.303. The number of rotatable bonds is 1. The van der Waals surface area contributed by atoms with Crippen molar-refractivity contribution >= 4 is 15.9 Å². The number of nitrogens with zero attached hydrogens (tertiary/aromatic N) is 3. The Labute approximate surface area is 91.9 Å². The third-order valence-corrected chi connectivity index (χ3v) is 2.86. The molecule has 1 aromatic rings. The minimum Gasteiger partial charge on any atom is -0.313 e. The Morgan fingerprint density at radius 3 is 2.86 bits per heavy atom. The lowest BCUT2D eigenvalue weighted by Gasteiger charge is -2.31. The van der Waals surface area contributed by atoms with Crippen LogP contribution in [0.25, 0.3) is 0 Å². The molecule has 2 rings (SSSR count). The van der Waals surface area contributed by atoms with Crippen molar-refractivity contribution in [2.24, 2.45) is 0 Å². The van der Waals surface area contributed by atoms with Crippen LogP contribution in [0, 0.1) is 0 Å². The molecule has 0 aliphatic carbocycles. The van der Waals surface area contributed by atoms with Crippen molar-refractivity contribution in [1.82, 2.24) is 20.2 Å². The lowest BCUT2D eigenvalue weighted by molar-refractivity contribution is 0.194. The predicted molar refractivity (Wildman–Crippen MR) is 58.0 cm³/mol. The van der Waals surface area contributed by atoms with E-state index in [9.17, 15) is 0 Å². The number of hydrogen-bond donors (Lipinski definition) is 1. The second-order valence-electron chi connectivity index (χ2n) is 3.46. The van der Waals surface area contributed by atoms with Gasteiger partial charge >= 0.3 is 0 Å². The van der Waals surface area contributed by atoms with Gasteiger partial charge in [0.15, 0.2) is 0 Å². The fourth-order valence-corrected chi connectivity index (χ4v) is 1.79. The van der Waals surface area contributed by atoms with E-state index in [0.717, 1.165) is 29.9 Å². The molecule has 4 nitrogen and oxygen atoms in total. The summed E-state index contributed by atoms with van der Waals surface area (Å²) in [6.45, 7) is 3.02. The van der Waals surface area contributed by atoms with Gasteiger partial charge in [0.05, 0.1) is 10.5 Å². The molecule has 0 spiro atoms. The lowest BCUT2D eigenvalue weighted by Crippen LogP contribution is -2.44. The Hall–Kier alpha value is -0.520. The van der Waals surface area contributed by atoms with Gasteiger partial charge in [-0.05, 0) is 23.0 Å². The van der Waals surface area contributed by atoms with Crippen molar-refractivity contribution in [3.05, 3.63) is 22.7 Å². The first-order valence-electron chi connectivity index (χ1n) is 4.66. The Morgan fingerprint density at radius 1 is 1.50 bits per heavy atom. The summed E-state index contributed by atoms with van der Waals surface area (Å²) >= 11 is 3.33. The van der Waals surface area contributed by atoms with E-state index in [4.69, 9.17) is 0 Å². The first kappa shape index (κ1) is 10.0. The summed E-state index contributed by atoms with van der Waals surface area (Å²) in [6, 6.07) is 0.303. The van der Waals surface area contributed by atoms with Crippen molar-refractivity contribution < 1.29 is 0 Å². The van der Waals surface area contributed by atoms with Gasteiger partial charge in [0.25, 0.3) is 0 Å². The van der Waals surface area contributed by atoms with E-state index >= 15 is 0 Å². The summed E-state index contributed by atoms with van der Waals surface area (Å²) in [6.07, 6.45) is 3.59.